The van der Waals surface area contributed by atoms with E-state index in [4.69, 9.17) is 17.3 Å². The normalized spacial score (nSPS) is 24.7. The van der Waals surface area contributed by atoms with Gasteiger partial charge in [-0.25, -0.2) is 4.39 Å². The quantitative estimate of drug-likeness (QED) is 0.908. The fourth-order valence-corrected chi connectivity index (χ4v) is 2.48. The van der Waals surface area contributed by atoms with Crippen molar-refractivity contribution >= 4 is 24.0 Å². The van der Waals surface area contributed by atoms with Crippen molar-refractivity contribution in [1.29, 1.82) is 0 Å². The Morgan fingerprint density at radius 2 is 2.22 bits per heavy atom. The van der Waals surface area contributed by atoms with E-state index in [0.29, 0.717) is 17.5 Å². The Morgan fingerprint density at radius 3 is 2.89 bits per heavy atom. The van der Waals surface area contributed by atoms with Crippen molar-refractivity contribution in [3.8, 4) is 0 Å². The van der Waals surface area contributed by atoms with Crippen LogP contribution < -0.4 is 5.73 Å². The van der Waals surface area contributed by atoms with Crippen molar-refractivity contribution in [2.45, 2.75) is 25.9 Å². The van der Waals surface area contributed by atoms with Crippen molar-refractivity contribution < 1.29 is 4.39 Å². The second-order valence-electron chi connectivity index (χ2n) is 4.90. The number of likely N-dealkylation sites (tertiary alicyclic amines) is 1. The molecule has 2 N–H and O–H groups in total. The molecular formula is C13H19Cl2FN2. The highest BCUT2D eigenvalue weighted by molar-refractivity contribution is 6.31. The van der Waals surface area contributed by atoms with Gasteiger partial charge in [-0.1, -0.05) is 18.5 Å². The lowest BCUT2D eigenvalue weighted by molar-refractivity contribution is 0.157. The lowest BCUT2D eigenvalue weighted by atomic mass is 9.94. The molecular weight excluding hydrogens is 274 g/mol. The minimum atomic E-state index is -0.230. The zero-order chi connectivity index (χ0) is 12.4. The zero-order valence-corrected chi connectivity index (χ0v) is 12.0. The Bertz CT molecular complexity index is 401. The average Bonchev–Trinajstić information content (AvgIpc) is 2.29. The van der Waals surface area contributed by atoms with Crippen molar-refractivity contribution in [2.24, 2.45) is 11.7 Å². The molecule has 1 fully saturated rings. The third-order valence-corrected chi connectivity index (χ3v) is 3.83. The summed E-state index contributed by atoms with van der Waals surface area (Å²) in [6, 6.07) is 4.81. The highest BCUT2D eigenvalue weighted by Crippen LogP contribution is 2.22. The van der Waals surface area contributed by atoms with E-state index in [1.165, 1.54) is 12.1 Å². The first kappa shape index (κ1) is 15.7. The number of halogens is 3. The molecule has 1 aliphatic heterocycles. The van der Waals surface area contributed by atoms with Crippen LogP contribution in [0.25, 0.3) is 0 Å². The number of hydrogen-bond donors (Lipinski definition) is 1. The molecule has 5 heteroatoms. The van der Waals surface area contributed by atoms with Gasteiger partial charge >= 0.3 is 0 Å². The predicted octanol–water partition coefficient (Wildman–Crippen LogP) is 3.07. The largest absolute Gasteiger partial charge is 0.327 e. The molecule has 0 saturated carbocycles. The molecule has 2 rings (SSSR count). The Morgan fingerprint density at radius 1 is 1.50 bits per heavy atom. The number of benzene rings is 1. The van der Waals surface area contributed by atoms with Crippen LogP contribution in [0.5, 0.6) is 0 Å². The molecule has 0 spiro atoms. The zero-order valence-electron chi connectivity index (χ0n) is 10.4. The Labute approximate surface area is 119 Å². The van der Waals surface area contributed by atoms with Crippen LogP contribution in [-0.4, -0.2) is 24.0 Å². The Balaban J connectivity index is 0.00000162. The van der Waals surface area contributed by atoms with Gasteiger partial charge in [0, 0.05) is 24.2 Å². The summed E-state index contributed by atoms with van der Waals surface area (Å²) in [5, 5.41) is 0.633. The van der Waals surface area contributed by atoms with Crippen LogP contribution in [0.15, 0.2) is 18.2 Å². The molecule has 1 heterocycles. The smallest absolute Gasteiger partial charge is 0.123 e. The summed E-state index contributed by atoms with van der Waals surface area (Å²) in [7, 11) is 0. The maximum atomic E-state index is 13.1. The van der Waals surface area contributed by atoms with E-state index in [0.717, 1.165) is 25.1 Å². The SMILES string of the molecule is CC1CN(Cc2cc(F)ccc2Cl)CCC1N.Cl. The van der Waals surface area contributed by atoms with Crippen LogP contribution in [0.3, 0.4) is 0 Å². The first-order valence-corrected chi connectivity index (χ1v) is 6.36. The van der Waals surface area contributed by atoms with Crippen LogP contribution in [0, 0.1) is 11.7 Å². The van der Waals surface area contributed by atoms with Gasteiger partial charge in [0.25, 0.3) is 0 Å². The molecule has 1 aliphatic rings. The van der Waals surface area contributed by atoms with Gasteiger partial charge in [-0.2, -0.15) is 0 Å². The van der Waals surface area contributed by atoms with Gasteiger partial charge in [0.05, 0.1) is 0 Å². The van der Waals surface area contributed by atoms with Gasteiger partial charge in [0.1, 0.15) is 5.82 Å². The van der Waals surface area contributed by atoms with Crippen LogP contribution in [-0.2, 0) is 6.54 Å². The van der Waals surface area contributed by atoms with E-state index in [1.807, 2.05) is 0 Å². The first-order chi connectivity index (χ1) is 8.06. The van der Waals surface area contributed by atoms with E-state index >= 15 is 0 Å². The highest BCUT2D eigenvalue weighted by atomic mass is 35.5. The molecule has 0 aromatic heterocycles. The molecule has 2 unspecified atom stereocenters. The molecule has 18 heavy (non-hydrogen) atoms. The summed E-state index contributed by atoms with van der Waals surface area (Å²) >= 11 is 6.06. The average molecular weight is 293 g/mol. The maximum Gasteiger partial charge on any atom is 0.123 e. The Hall–Kier alpha value is -0.350. The van der Waals surface area contributed by atoms with Crippen LogP contribution >= 0.6 is 24.0 Å². The number of hydrogen-bond acceptors (Lipinski definition) is 2. The third kappa shape index (κ3) is 3.82. The van der Waals surface area contributed by atoms with Crippen LogP contribution in [0.1, 0.15) is 18.9 Å². The number of nitrogens with zero attached hydrogens (tertiary/aromatic N) is 1. The lowest BCUT2D eigenvalue weighted by Gasteiger charge is -2.35. The van der Waals surface area contributed by atoms with Crippen LogP contribution in [0.4, 0.5) is 4.39 Å². The molecule has 1 aromatic carbocycles. The molecule has 0 amide bonds. The molecule has 0 radical (unpaired) electrons. The second-order valence-corrected chi connectivity index (χ2v) is 5.31. The summed E-state index contributed by atoms with van der Waals surface area (Å²) in [5.74, 6) is 0.252. The molecule has 1 aromatic rings. The fourth-order valence-electron chi connectivity index (χ4n) is 2.30. The molecule has 102 valence electrons. The summed E-state index contributed by atoms with van der Waals surface area (Å²) in [6.45, 7) is 4.77. The lowest BCUT2D eigenvalue weighted by Crippen LogP contribution is -2.45. The van der Waals surface area contributed by atoms with Crippen molar-refractivity contribution in [1.82, 2.24) is 4.90 Å². The minimum Gasteiger partial charge on any atom is -0.327 e. The number of piperidine rings is 1. The van der Waals surface area contributed by atoms with Crippen molar-refractivity contribution in [3.63, 3.8) is 0 Å². The van der Waals surface area contributed by atoms with E-state index in [-0.39, 0.29) is 24.3 Å². The summed E-state index contributed by atoms with van der Waals surface area (Å²) in [4.78, 5) is 2.29. The van der Waals surface area contributed by atoms with E-state index < -0.39 is 0 Å². The van der Waals surface area contributed by atoms with Crippen molar-refractivity contribution in [3.05, 3.63) is 34.6 Å². The standard InChI is InChI=1S/C13H18ClFN2.ClH/c1-9-7-17(5-4-13(9)16)8-10-6-11(15)2-3-12(10)14;/h2-3,6,9,13H,4-5,7-8,16H2,1H3;1H. The fraction of sp³-hybridized carbons (Fsp3) is 0.538. The highest BCUT2D eigenvalue weighted by Gasteiger charge is 2.23. The van der Waals surface area contributed by atoms with E-state index in [9.17, 15) is 4.39 Å². The first-order valence-electron chi connectivity index (χ1n) is 5.98. The molecule has 2 atom stereocenters. The molecule has 2 nitrogen and oxygen atoms in total. The summed E-state index contributed by atoms with van der Waals surface area (Å²) < 4.78 is 13.1. The van der Waals surface area contributed by atoms with Gasteiger partial charge in [-0.05, 0) is 42.6 Å². The summed E-state index contributed by atoms with van der Waals surface area (Å²) in [5.41, 5.74) is 6.83. The second kappa shape index (κ2) is 6.71. The van der Waals surface area contributed by atoms with Crippen molar-refractivity contribution in [2.75, 3.05) is 13.1 Å². The third-order valence-electron chi connectivity index (χ3n) is 3.46. The Kier molecular flexibility index (Phi) is 5.86. The molecule has 0 aliphatic carbocycles. The van der Waals surface area contributed by atoms with Gasteiger partial charge in [-0.15, -0.1) is 12.4 Å². The van der Waals surface area contributed by atoms with E-state index in [2.05, 4.69) is 11.8 Å². The molecule has 1 saturated heterocycles. The van der Waals surface area contributed by atoms with Crippen LogP contribution in [0.2, 0.25) is 5.02 Å². The predicted molar refractivity (Wildman–Crippen MR) is 75.7 cm³/mol. The van der Waals surface area contributed by atoms with Gasteiger partial charge < -0.3 is 5.73 Å². The maximum absolute atomic E-state index is 13.1. The minimum absolute atomic E-state index is 0. The number of nitrogens with two attached hydrogens (primary N) is 1. The van der Waals surface area contributed by atoms with Gasteiger partial charge in [0.2, 0.25) is 0 Å². The molecule has 0 bridgehead atoms. The van der Waals surface area contributed by atoms with E-state index in [1.54, 1.807) is 6.07 Å². The summed E-state index contributed by atoms with van der Waals surface area (Å²) in [6.07, 6.45) is 0.994. The van der Waals surface area contributed by atoms with Gasteiger partial charge in [-0.3, -0.25) is 4.90 Å². The topological polar surface area (TPSA) is 29.3 Å². The number of rotatable bonds is 2. The monoisotopic (exact) mass is 292 g/mol. The van der Waals surface area contributed by atoms with Gasteiger partial charge in [0.15, 0.2) is 0 Å².